The molecule has 112 valence electrons. The molecule has 21 heavy (non-hydrogen) atoms. The first-order valence-electron chi connectivity index (χ1n) is 6.36. The van der Waals surface area contributed by atoms with Crippen LogP contribution in [0.2, 0.25) is 5.02 Å². The van der Waals surface area contributed by atoms with E-state index in [1.807, 2.05) is 32.0 Å². The van der Waals surface area contributed by atoms with Crippen LogP contribution in [0.15, 0.2) is 47.4 Å². The number of nitrogens with zero attached hydrogens (tertiary/aromatic N) is 1. The van der Waals surface area contributed by atoms with Crippen molar-refractivity contribution in [1.29, 1.82) is 0 Å². The van der Waals surface area contributed by atoms with Gasteiger partial charge in [-0.1, -0.05) is 23.7 Å². The van der Waals surface area contributed by atoms with E-state index in [-0.39, 0.29) is 4.90 Å². The predicted molar refractivity (Wildman–Crippen MR) is 87.8 cm³/mol. The van der Waals surface area contributed by atoms with Crippen molar-refractivity contribution < 1.29 is 8.42 Å². The van der Waals surface area contributed by atoms with E-state index in [0.29, 0.717) is 10.7 Å². The van der Waals surface area contributed by atoms with Crippen LogP contribution in [0.1, 0.15) is 5.56 Å². The van der Waals surface area contributed by atoms with Crippen molar-refractivity contribution in [2.75, 3.05) is 23.7 Å². The highest BCUT2D eigenvalue weighted by atomic mass is 35.5. The standard InChI is InChI=1S/C15H17ClN2O2S/c1-11-7-8-14(10-15(11)16)21(19,20)17-12-5-4-6-13(9-12)18(2)3/h4-10,17H,1-3H3. The zero-order valence-corrected chi connectivity index (χ0v) is 13.7. The van der Waals surface area contributed by atoms with Crippen LogP contribution in [0.3, 0.4) is 0 Å². The Hall–Kier alpha value is -1.72. The summed E-state index contributed by atoms with van der Waals surface area (Å²) in [7, 11) is 0.144. The smallest absolute Gasteiger partial charge is 0.261 e. The highest BCUT2D eigenvalue weighted by molar-refractivity contribution is 7.92. The molecule has 0 aromatic heterocycles. The van der Waals surface area contributed by atoms with E-state index in [2.05, 4.69) is 4.72 Å². The second-order valence-corrected chi connectivity index (χ2v) is 7.05. The Kier molecular flexibility index (Phi) is 4.44. The molecule has 0 aliphatic rings. The molecule has 2 rings (SSSR count). The minimum atomic E-state index is -3.65. The maximum atomic E-state index is 12.4. The molecule has 2 aromatic carbocycles. The maximum Gasteiger partial charge on any atom is 0.261 e. The maximum absolute atomic E-state index is 12.4. The van der Waals surface area contributed by atoms with E-state index in [0.717, 1.165) is 11.3 Å². The average Bonchev–Trinajstić information content (AvgIpc) is 2.41. The summed E-state index contributed by atoms with van der Waals surface area (Å²) in [5, 5.41) is 0.430. The second-order valence-electron chi connectivity index (χ2n) is 4.96. The fraction of sp³-hybridized carbons (Fsp3) is 0.200. The van der Waals surface area contributed by atoms with Gasteiger partial charge in [0.1, 0.15) is 0 Å². The molecule has 0 heterocycles. The van der Waals surface area contributed by atoms with Crippen molar-refractivity contribution in [3.63, 3.8) is 0 Å². The van der Waals surface area contributed by atoms with Crippen LogP contribution < -0.4 is 9.62 Å². The molecule has 0 aliphatic heterocycles. The molecule has 0 fully saturated rings. The molecule has 0 spiro atoms. The van der Waals surface area contributed by atoms with Gasteiger partial charge in [-0.2, -0.15) is 0 Å². The molecule has 0 saturated carbocycles. The third kappa shape index (κ3) is 3.68. The van der Waals surface area contributed by atoms with Crippen LogP contribution in [-0.2, 0) is 10.0 Å². The molecule has 0 bridgehead atoms. The summed E-state index contributed by atoms with van der Waals surface area (Å²) in [6.45, 7) is 1.83. The van der Waals surface area contributed by atoms with Gasteiger partial charge in [0, 0.05) is 24.8 Å². The molecular formula is C15H17ClN2O2S. The summed E-state index contributed by atoms with van der Waals surface area (Å²) in [5.41, 5.74) is 2.26. The quantitative estimate of drug-likeness (QED) is 0.936. The SMILES string of the molecule is Cc1ccc(S(=O)(=O)Nc2cccc(N(C)C)c2)cc1Cl. The minimum Gasteiger partial charge on any atom is -0.378 e. The van der Waals surface area contributed by atoms with Gasteiger partial charge in [0.2, 0.25) is 0 Å². The lowest BCUT2D eigenvalue weighted by Gasteiger charge is -2.14. The van der Waals surface area contributed by atoms with E-state index in [1.165, 1.54) is 6.07 Å². The molecule has 6 heteroatoms. The number of sulfonamides is 1. The monoisotopic (exact) mass is 324 g/mol. The summed E-state index contributed by atoms with van der Waals surface area (Å²) >= 11 is 5.99. The van der Waals surface area contributed by atoms with Gasteiger partial charge in [-0.3, -0.25) is 4.72 Å². The van der Waals surface area contributed by atoms with Crippen LogP contribution in [0.25, 0.3) is 0 Å². The van der Waals surface area contributed by atoms with Gasteiger partial charge in [-0.05, 0) is 42.8 Å². The van der Waals surface area contributed by atoms with Gasteiger partial charge in [0.05, 0.1) is 10.6 Å². The number of aryl methyl sites for hydroxylation is 1. The predicted octanol–water partition coefficient (Wildman–Crippen LogP) is 3.52. The molecule has 0 atom stereocenters. The Labute approximate surface area is 130 Å². The number of halogens is 1. The van der Waals surface area contributed by atoms with E-state index < -0.39 is 10.0 Å². The Morgan fingerprint density at radius 2 is 1.81 bits per heavy atom. The molecule has 0 unspecified atom stereocenters. The van der Waals surface area contributed by atoms with Gasteiger partial charge >= 0.3 is 0 Å². The second kappa shape index (κ2) is 5.95. The molecule has 0 aliphatic carbocycles. The van der Waals surface area contributed by atoms with Crippen LogP contribution in [0.5, 0.6) is 0 Å². The van der Waals surface area contributed by atoms with Crippen molar-refractivity contribution in [1.82, 2.24) is 0 Å². The number of hydrogen-bond acceptors (Lipinski definition) is 3. The van der Waals surface area contributed by atoms with Gasteiger partial charge in [0.25, 0.3) is 10.0 Å². The van der Waals surface area contributed by atoms with E-state index in [9.17, 15) is 8.42 Å². The van der Waals surface area contributed by atoms with Crippen molar-refractivity contribution in [2.45, 2.75) is 11.8 Å². The molecule has 1 N–H and O–H groups in total. The Bertz CT molecular complexity index is 758. The van der Waals surface area contributed by atoms with Gasteiger partial charge in [-0.15, -0.1) is 0 Å². The van der Waals surface area contributed by atoms with E-state index in [1.54, 1.807) is 30.3 Å². The van der Waals surface area contributed by atoms with Crippen molar-refractivity contribution >= 4 is 33.0 Å². The summed E-state index contributed by atoms with van der Waals surface area (Å²) in [4.78, 5) is 2.05. The van der Waals surface area contributed by atoms with Gasteiger partial charge in [-0.25, -0.2) is 8.42 Å². The third-order valence-corrected chi connectivity index (χ3v) is 4.85. The van der Waals surface area contributed by atoms with Gasteiger partial charge in [0.15, 0.2) is 0 Å². The Morgan fingerprint density at radius 3 is 2.43 bits per heavy atom. The number of hydrogen-bond donors (Lipinski definition) is 1. The normalized spacial score (nSPS) is 11.2. The Morgan fingerprint density at radius 1 is 1.10 bits per heavy atom. The fourth-order valence-corrected chi connectivity index (χ4v) is 3.12. The molecule has 4 nitrogen and oxygen atoms in total. The lowest BCUT2D eigenvalue weighted by atomic mass is 10.2. The zero-order valence-electron chi connectivity index (χ0n) is 12.1. The van der Waals surface area contributed by atoms with Crippen molar-refractivity contribution in [2.24, 2.45) is 0 Å². The first kappa shape index (κ1) is 15.7. The summed E-state index contributed by atoms with van der Waals surface area (Å²) in [6.07, 6.45) is 0. The molecule has 0 radical (unpaired) electrons. The van der Waals surface area contributed by atoms with Crippen LogP contribution in [0, 0.1) is 6.92 Å². The molecule has 2 aromatic rings. The summed E-state index contributed by atoms with van der Waals surface area (Å²) in [6, 6.07) is 11.9. The van der Waals surface area contributed by atoms with Crippen LogP contribution in [0.4, 0.5) is 11.4 Å². The van der Waals surface area contributed by atoms with Crippen LogP contribution in [-0.4, -0.2) is 22.5 Å². The lowest BCUT2D eigenvalue weighted by Crippen LogP contribution is -2.14. The first-order chi connectivity index (χ1) is 9.79. The first-order valence-corrected chi connectivity index (χ1v) is 8.22. The Balaban J connectivity index is 2.33. The lowest BCUT2D eigenvalue weighted by molar-refractivity contribution is 0.601. The summed E-state index contributed by atoms with van der Waals surface area (Å²) < 4.78 is 27.3. The number of rotatable bonds is 4. The molecular weight excluding hydrogens is 308 g/mol. The fourth-order valence-electron chi connectivity index (χ4n) is 1.80. The summed E-state index contributed by atoms with van der Waals surface area (Å²) in [5.74, 6) is 0. The number of benzene rings is 2. The highest BCUT2D eigenvalue weighted by Gasteiger charge is 2.15. The third-order valence-electron chi connectivity index (χ3n) is 3.07. The zero-order chi connectivity index (χ0) is 15.6. The molecule has 0 saturated heterocycles. The molecule has 0 amide bonds. The van der Waals surface area contributed by atoms with Gasteiger partial charge < -0.3 is 4.90 Å². The van der Waals surface area contributed by atoms with E-state index >= 15 is 0 Å². The van der Waals surface area contributed by atoms with Crippen LogP contribution >= 0.6 is 11.6 Å². The average molecular weight is 325 g/mol. The highest BCUT2D eigenvalue weighted by Crippen LogP contribution is 2.24. The van der Waals surface area contributed by atoms with E-state index in [4.69, 9.17) is 11.6 Å². The van der Waals surface area contributed by atoms with Crippen molar-refractivity contribution in [3.8, 4) is 0 Å². The van der Waals surface area contributed by atoms with Crippen molar-refractivity contribution in [3.05, 3.63) is 53.1 Å². The minimum absolute atomic E-state index is 0.147. The number of nitrogens with one attached hydrogen (secondary N) is 1. The number of anilines is 2. The largest absolute Gasteiger partial charge is 0.378 e. The topological polar surface area (TPSA) is 49.4 Å².